The highest BCUT2D eigenvalue weighted by Gasteiger charge is 2.22. The predicted octanol–water partition coefficient (Wildman–Crippen LogP) is 3.00. The lowest BCUT2D eigenvalue weighted by atomic mass is 10.2. The van der Waals surface area contributed by atoms with E-state index in [1.165, 1.54) is 39.4 Å². The normalized spacial score (nSPS) is 11.5. The number of halogens is 1. The molecule has 0 radical (unpaired) electrons. The second kappa shape index (κ2) is 7.75. The Hall–Kier alpha value is -1.94. The first-order valence-corrected chi connectivity index (χ1v) is 9.93. The van der Waals surface area contributed by atoms with Gasteiger partial charge in [-0.15, -0.1) is 11.3 Å². The number of benzene rings is 1. The van der Waals surface area contributed by atoms with E-state index in [1.54, 1.807) is 13.0 Å². The maximum atomic E-state index is 12.5. The molecule has 0 bridgehead atoms. The molecule has 0 atom stereocenters. The highest BCUT2D eigenvalue weighted by Crippen LogP contribution is 2.29. The summed E-state index contributed by atoms with van der Waals surface area (Å²) in [7, 11) is 0.361. The standard InChI is InChI=1S/C16H17ClN2O5S2/c1-9-7-13(25-14(9)16(21)24-4)18-15(20)11-8-10(5-6-12(11)17)26(22,23)19(2)3/h5-8H,1-4H3,(H,18,20). The van der Waals surface area contributed by atoms with E-state index in [4.69, 9.17) is 11.6 Å². The summed E-state index contributed by atoms with van der Waals surface area (Å²) in [6, 6.07) is 5.53. The fraction of sp³-hybridized carbons (Fsp3) is 0.250. The van der Waals surface area contributed by atoms with Crippen molar-refractivity contribution in [3.05, 3.63) is 45.3 Å². The summed E-state index contributed by atoms with van der Waals surface area (Å²) in [6.07, 6.45) is 0. The molecule has 0 saturated carbocycles. The zero-order valence-electron chi connectivity index (χ0n) is 14.5. The van der Waals surface area contributed by atoms with E-state index in [0.717, 1.165) is 15.6 Å². The zero-order chi connectivity index (χ0) is 19.6. The van der Waals surface area contributed by atoms with Crippen LogP contribution in [0.2, 0.25) is 5.02 Å². The van der Waals surface area contributed by atoms with E-state index in [2.05, 4.69) is 10.1 Å². The summed E-state index contributed by atoms with van der Waals surface area (Å²) >= 11 is 7.12. The molecule has 0 fully saturated rings. The number of ether oxygens (including phenoxy) is 1. The number of hydrogen-bond acceptors (Lipinski definition) is 6. The van der Waals surface area contributed by atoms with E-state index in [0.29, 0.717) is 15.4 Å². The van der Waals surface area contributed by atoms with Gasteiger partial charge in [-0.05, 0) is 36.8 Å². The van der Waals surface area contributed by atoms with E-state index < -0.39 is 21.9 Å². The first-order valence-electron chi connectivity index (χ1n) is 7.30. The van der Waals surface area contributed by atoms with Crippen LogP contribution < -0.4 is 5.32 Å². The third-order valence-corrected chi connectivity index (χ3v) is 6.76. The first-order chi connectivity index (χ1) is 12.1. The van der Waals surface area contributed by atoms with Crippen LogP contribution in [0, 0.1) is 6.92 Å². The van der Waals surface area contributed by atoms with Gasteiger partial charge in [-0.2, -0.15) is 0 Å². The average molecular weight is 417 g/mol. The maximum absolute atomic E-state index is 12.5. The number of nitrogens with zero attached hydrogens (tertiary/aromatic N) is 1. The van der Waals surface area contributed by atoms with Crippen LogP contribution in [0.25, 0.3) is 0 Å². The number of aryl methyl sites for hydroxylation is 1. The van der Waals surface area contributed by atoms with Crippen LogP contribution >= 0.6 is 22.9 Å². The second-order valence-corrected chi connectivity index (χ2v) is 9.11. The van der Waals surface area contributed by atoms with Crippen LogP contribution in [0.1, 0.15) is 25.6 Å². The summed E-state index contributed by atoms with van der Waals surface area (Å²) in [5, 5.41) is 3.16. The number of thiophene rings is 1. The zero-order valence-corrected chi connectivity index (χ0v) is 16.9. The highest BCUT2D eigenvalue weighted by molar-refractivity contribution is 7.89. The Kier molecular flexibility index (Phi) is 6.07. The minimum atomic E-state index is -3.70. The molecular formula is C16H17ClN2O5S2. The molecule has 0 spiro atoms. The van der Waals surface area contributed by atoms with Crippen molar-refractivity contribution in [3.8, 4) is 0 Å². The monoisotopic (exact) mass is 416 g/mol. The number of carbonyl (C=O) groups is 2. The van der Waals surface area contributed by atoms with Crippen molar-refractivity contribution in [2.24, 2.45) is 0 Å². The van der Waals surface area contributed by atoms with Crippen LogP contribution in [0.15, 0.2) is 29.2 Å². The van der Waals surface area contributed by atoms with Gasteiger partial charge in [0.1, 0.15) is 4.88 Å². The predicted molar refractivity (Wildman–Crippen MR) is 101 cm³/mol. The van der Waals surface area contributed by atoms with Gasteiger partial charge in [-0.25, -0.2) is 17.5 Å². The van der Waals surface area contributed by atoms with Gasteiger partial charge < -0.3 is 10.1 Å². The smallest absolute Gasteiger partial charge is 0.348 e. The van der Waals surface area contributed by atoms with Crippen LogP contribution in [-0.4, -0.2) is 45.8 Å². The molecule has 0 aliphatic rings. The third kappa shape index (κ3) is 4.07. The SMILES string of the molecule is COC(=O)c1sc(NC(=O)c2cc(S(=O)(=O)N(C)C)ccc2Cl)cc1C. The number of anilines is 1. The Bertz CT molecular complexity index is 967. The number of rotatable bonds is 5. The molecule has 0 aliphatic heterocycles. The number of hydrogen-bond donors (Lipinski definition) is 1. The number of methoxy groups -OCH3 is 1. The molecule has 1 N–H and O–H groups in total. The van der Waals surface area contributed by atoms with Crippen LogP contribution in [0.3, 0.4) is 0 Å². The Morgan fingerprint density at radius 2 is 1.88 bits per heavy atom. The van der Waals surface area contributed by atoms with Gasteiger partial charge in [-0.1, -0.05) is 11.6 Å². The van der Waals surface area contributed by atoms with Crippen LogP contribution in [0.5, 0.6) is 0 Å². The van der Waals surface area contributed by atoms with Gasteiger partial charge in [-0.3, -0.25) is 4.79 Å². The van der Waals surface area contributed by atoms with Gasteiger partial charge in [0.2, 0.25) is 10.0 Å². The van der Waals surface area contributed by atoms with E-state index in [1.807, 2.05) is 0 Å². The third-order valence-electron chi connectivity index (χ3n) is 3.49. The quantitative estimate of drug-likeness (QED) is 0.756. The van der Waals surface area contributed by atoms with Crippen molar-refractivity contribution >= 4 is 49.8 Å². The van der Waals surface area contributed by atoms with E-state index >= 15 is 0 Å². The number of amides is 1. The van der Waals surface area contributed by atoms with Gasteiger partial charge >= 0.3 is 5.97 Å². The fourth-order valence-corrected chi connectivity index (χ4v) is 4.19. The fourth-order valence-electron chi connectivity index (χ4n) is 2.07. The van der Waals surface area contributed by atoms with Crippen molar-refractivity contribution in [2.75, 3.05) is 26.5 Å². The lowest BCUT2D eigenvalue weighted by Crippen LogP contribution is -2.23. The van der Waals surface area contributed by atoms with Gasteiger partial charge in [0.05, 0.1) is 27.6 Å². The number of carbonyl (C=O) groups excluding carboxylic acids is 2. The Morgan fingerprint density at radius 3 is 2.46 bits per heavy atom. The molecular weight excluding hydrogens is 400 g/mol. The number of nitrogens with one attached hydrogen (secondary N) is 1. The van der Waals surface area contributed by atoms with Gasteiger partial charge in [0.25, 0.3) is 5.91 Å². The maximum Gasteiger partial charge on any atom is 0.348 e. The van der Waals surface area contributed by atoms with Gasteiger partial charge in [0, 0.05) is 14.1 Å². The largest absolute Gasteiger partial charge is 0.465 e. The van der Waals surface area contributed by atoms with Crippen molar-refractivity contribution in [2.45, 2.75) is 11.8 Å². The highest BCUT2D eigenvalue weighted by atomic mass is 35.5. The summed E-state index contributed by atoms with van der Waals surface area (Å²) in [5.74, 6) is -1.08. The van der Waals surface area contributed by atoms with Crippen LogP contribution in [0.4, 0.5) is 5.00 Å². The molecule has 7 nitrogen and oxygen atoms in total. The molecule has 2 aromatic rings. The molecule has 140 valence electrons. The molecule has 2 rings (SSSR count). The molecule has 1 aromatic carbocycles. The van der Waals surface area contributed by atoms with E-state index in [9.17, 15) is 18.0 Å². The van der Waals surface area contributed by atoms with Crippen LogP contribution in [-0.2, 0) is 14.8 Å². The Morgan fingerprint density at radius 1 is 1.23 bits per heavy atom. The number of esters is 1. The van der Waals surface area contributed by atoms with Crippen molar-refractivity contribution in [1.29, 1.82) is 0 Å². The summed E-state index contributed by atoms with van der Waals surface area (Å²) < 4.78 is 30.2. The number of sulfonamides is 1. The lowest BCUT2D eigenvalue weighted by molar-refractivity contribution is 0.0605. The molecule has 1 aromatic heterocycles. The topological polar surface area (TPSA) is 92.8 Å². The molecule has 0 unspecified atom stereocenters. The Labute approximate surface area is 160 Å². The molecule has 10 heteroatoms. The molecule has 26 heavy (non-hydrogen) atoms. The minimum Gasteiger partial charge on any atom is -0.465 e. The average Bonchev–Trinajstić information content (AvgIpc) is 2.94. The second-order valence-electron chi connectivity index (χ2n) is 5.50. The van der Waals surface area contributed by atoms with E-state index in [-0.39, 0.29) is 15.5 Å². The van der Waals surface area contributed by atoms with Crippen molar-refractivity contribution < 1.29 is 22.7 Å². The molecule has 0 saturated heterocycles. The van der Waals surface area contributed by atoms with Crippen molar-refractivity contribution in [3.63, 3.8) is 0 Å². The molecule has 0 aliphatic carbocycles. The first kappa shape index (κ1) is 20.4. The Balaban J connectivity index is 2.35. The minimum absolute atomic E-state index is 0.0141. The van der Waals surface area contributed by atoms with Gasteiger partial charge in [0.15, 0.2) is 0 Å². The summed E-state index contributed by atoms with van der Waals surface area (Å²) in [5.41, 5.74) is 0.674. The summed E-state index contributed by atoms with van der Waals surface area (Å²) in [4.78, 5) is 24.5. The van der Waals surface area contributed by atoms with Crippen molar-refractivity contribution in [1.82, 2.24) is 4.31 Å². The molecule has 1 amide bonds. The lowest BCUT2D eigenvalue weighted by Gasteiger charge is -2.13. The summed E-state index contributed by atoms with van der Waals surface area (Å²) in [6.45, 7) is 1.72. The molecule has 1 heterocycles.